The van der Waals surface area contributed by atoms with E-state index >= 15 is 0 Å². The monoisotopic (exact) mass is 219 g/mol. The van der Waals surface area contributed by atoms with Crippen LogP contribution in [-0.4, -0.2) is 25.7 Å². The van der Waals surface area contributed by atoms with Gasteiger partial charge in [-0.2, -0.15) is 0 Å². The lowest BCUT2D eigenvalue weighted by molar-refractivity contribution is 0.141. The predicted octanol–water partition coefficient (Wildman–Crippen LogP) is 2.58. The van der Waals surface area contributed by atoms with Crippen LogP contribution in [0.5, 0.6) is 0 Å². The summed E-state index contributed by atoms with van der Waals surface area (Å²) in [6.07, 6.45) is 1.09. The van der Waals surface area contributed by atoms with Crippen molar-refractivity contribution >= 4 is 5.90 Å². The molecular formula is C13H17NO2. The molecular weight excluding hydrogens is 202 g/mol. The van der Waals surface area contributed by atoms with E-state index in [4.69, 9.17) is 9.47 Å². The molecule has 3 heteroatoms. The fourth-order valence-electron chi connectivity index (χ4n) is 1.65. The maximum Gasteiger partial charge on any atom is 0.210 e. The number of hydrogen-bond acceptors (Lipinski definition) is 3. The topological polar surface area (TPSA) is 30.8 Å². The number of nitrogens with zero attached hydrogens (tertiary/aromatic N) is 1. The minimum Gasteiger partial charge on any atom is -0.469 e. The Morgan fingerprint density at radius 1 is 1.38 bits per heavy atom. The third-order valence-corrected chi connectivity index (χ3v) is 2.46. The summed E-state index contributed by atoms with van der Waals surface area (Å²) in [5, 5.41) is 0. The normalized spacial score (nSPS) is 19.3. The molecule has 3 nitrogen and oxygen atoms in total. The lowest BCUT2D eigenvalue weighted by atomic mass is 10.1. The van der Waals surface area contributed by atoms with E-state index in [1.165, 1.54) is 5.56 Å². The predicted molar refractivity (Wildman–Crippen MR) is 63.7 cm³/mol. The van der Waals surface area contributed by atoms with Gasteiger partial charge in [-0.3, -0.25) is 0 Å². The van der Waals surface area contributed by atoms with Crippen LogP contribution < -0.4 is 0 Å². The molecule has 1 aromatic carbocycles. The molecule has 1 aromatic rings. The second-order valence-electron chi connectivity index (χ2n) is 3.80. The van der Waals surface area contributed by atoms with Crippen molar-refractivity contribution in [1.82, 2.24) is 0 Å². The Morgan fingerprint density at radius 2 is 2.19 bits per heavy atom. The number of hydrogen-bond donors (Lipinski definition) is 0. The molecule has 0 fully saturated rings. The van der Waals surface area contributed by atoms with Crippen LogP contribution in [0, 0.1) is 0 Å². The molecule has 16 heavy (non-hydrogen) atoms. The molecule has 1 aliphatic rings. The first kappa shape index (κ1) is 11.1. The molecule has 1 atom stereocenters. The molecule has 0 amide bonds. The second kappa shape index (κ2) is 5.66. The average Bonchev–Trinajstić information content (AvgIpc) is 2.79. The van der Waals surface area contributed by atoms with E-state index in [9.17, 15) is 0 Å². The van der Waals surface area contributed by atoms with E-state index in [1.807, 2.05) is 18.2 Å². The molecule has 1 aliphatic heterocycles. The zero-order chi connectivity index (χ0) is 11.2. The van der Waals surface area contributed by atoms with Crippen molar-refractivity contribution < 1.29 is 9.47 Å². The summed E-state index contributed by atoms with van der Waals surface area (Å²) in [6.45, 7) is 4.05. The highest BCUT2D eigenvalue weighted by atomic mass is 16.5. The average molecular weight is 219 g/mol. The molecule has 1 heterocycles. The summed E-state index contributed by atoms with van der Waals surface area (Å²) < 4.78 is 11.1. The largest absolute Gasteiger partial charge is 0.469 e. The molecule has 0 radical (unpaired) electrons. The van der Waals surface area contributed by atoms with Crippen LogP contribution in [0.3, 0.4) is 0 Å². The molecule has 0 aromatic heterocycles. The molecule has 2 rings (SSSR count). The van der Waals surface area contributed by atoms with Gasteiger partial charge in [-0.25, -0.2) is 4.99 Å². The number of ether oxygens (including phenoxy) is 2. The number of aliphatic imine (C=N–C) groups is 1. The minimum absolute atomic E-state index is 0.0708. The van der Waals surface area contributed by atoms with Gasteiger partial charge in [-0.05, 0) is 12.0 Å². The van der Waals surface area contributed by atoms with Crippen LogP contribution in [0.4, 0.5) is 0 Å². The van der Waals surface area contributed by atoms with Crippen molar-refractivity contribution in [2.45, 2.75) is 19.4 Å². The molecule has 1 unspecified atom stereocenters. The van der Waals surface area contributed by atoms with E-state index in [1.54, 1.807) is 0 Å². The summed E-state index contributed by atoms with van der Waals surface area (Å²) in [5.74, 6) is 0.724. The van der Waals surface area contributed by atoms with E-state index in [2.05, 4.69) is 24.0 Å². The molecule has 0 bridgehead atoms. The van der Waals surface area contributed by atoms with E-state index in [0.29, 0.717) is 13.2 Å². The first-order valence-electron chi connectivity index (χ1n) is 5.73. The Balaban J connectivity index is 1.82. The van der Waals surface area contributed by atoms with Crippen molar-refractivity contribution in [3.05, 3.63) is 35.9 Å². The lowest BCUT2D eigenvalue weighted by Crippen LogP contribution is -2.11. The lowest BCUT2D eigenvalue weighted by Gasteiger charge is -2.11. The van der Waals surface area contributed by atoms with Gasteiger partial charge >= 0.3 is 0 Å². The summed E-state index contributed by atoms with van der Waals surface area (Å²) >= 11 is 0. The maximum atomic E-state index is 5.72. The smallest absolute Gasteiger partial charge is 0.210 e. The highest BCUT2D eigenvalue weighted by Crippen LogP contribution is 2.22. The van der Waals surface area contributed by atoms with Gasteiger partial charge in [0.25, 0.3) is 0 Å². The van der Waals surface area contributed by atoms with E-state index < -0.39 is 0 Å². The van der Waals surface area contributed by atoms with Gasteiger partial charge in [-0.1, -0.05) is 37.3 Å². The van der Waals surface area contributed by atoms with Crippen molar-refractivity contribution in [1.29, 1.82) is 0 Å². The Kier molecular flexibility index (Phi) is 3.94. The zero-order valence-electron chi connectivity index (χ0n) is 9.56. The quantitative estimate of drug-likeness (QED) is 0.713. The van der Waals surface area contributed by atoms with Gasteiger partial charge in [0, 0.05) is 6.61 Å². The van der Waals surface area contributed by atoms with Gasteiger partial charge in [0.15, 0.2) is 0 Å². The summed E-state index contributed by atoms with van der Waals surface area (Å²) in [4.78, 5) is 4.33. The first-order valence-corrected chi connectivity index (χ1v) is 5.73. The Labute approximate surface area is 96.1 Å². The van der Waals surface area contributed by atoms with Crippen LogP contribution in [0.15, 0.2) is 35.3 Å². The molecule has 86 valence electrons. The van der Waals surface area contributed by atoms with Crippen molar-refractivity contribution in [2.24, 2.45) is 4.99 Å². The maximum absolute atomic E-state index is 5.72. The third-order valence-electron chi connectivity index (χ3n) is 2.46. The van der Waals surface area contributed by atoms with Crippen LogP contribution in [-0.2, 0) is 9.47 Å². The Bertz CT molecular complexity index is 348. The zero-order valence-corrected chi connectivity index (χ0v) is 9.56. The third kappa shape index (κ3) is 2.83. The highest BCUT2D eigenvalue weighted by molar-refractivity contribution is 5.79. The standard InChI is InChI=1S/C13H17NO2/c1-2-8-15-10-13-14-9-12(16-13)11-6-4-3-5-7-11/h3-7,12H,2,8-10H2,1H3. The fraction of sp³-hybridized carbons (Fsp3) is 0.462. The fourth-order valence-corrected chi connectivity index (χ4v) is 1.65. The molecule has 0 aliphatic carbocycles. The van der Waals surface area contributed by atoms with Gasteiger partial charge in [-0.15, -0.1) is 0 Å². The second-order valence-corrected chi connectivity index (χ2v) is 3.80. The van der Waals surface area contributed by atoms with E-state index in [-0.39, 0.29) is 6.10 Å². The first-order chi connectivity index (χ1) is 7.90. The summed E-state index contributed by atoms with van der Waals surface area (Å²) in [7, 11) is 0. The summed E-state index contributed by atoms with van der Waals surface area (Å²) in [6, 6.07) is 10.2. The molecule has 0 saturated heterocycles. The van der Waals surface area contributed by atoms with Crippen molar-refractivity contribution in [3.63, 3.8) is 0 Å². The number of rotatable bonds is 5. The number of benzene rings is 1. The van der Waals surface area contributed by atoms with Crippen LogP contribution in [0.1, 0.15) is 25.0 Å². The molecule has 0 saturated carbocycles. The van der Waals surface area contributed by atoms with Crippen LogP contribution >= 0.6 is 0 Å². The Hall–Kier alpha value is -1.35. The van der Waals surface area contributed by atoms with Gasteiger partial charge < -0.3 is 9.47 Å². The molecule has 0 N–H and O–H groups in total. The van der Waals surface area contributed by atoms with Crippen LogP contribution in [0.25, 0.3) is 0 Å². The summed E-state index contributed by atoms with van der Waals surface area (Å²) in [5.41, 5.74) is 1.18. The SMILES string of the molecule is CCCOCC1=NCC(c2ccccc2)O1. The van der Waals surface area contributed by atoms with Crippen LogP contribution in [0.2, 0.25) is 0 Å². The molecule has 0 spiro atoms. The van der Waals surface area contributed by atoms with Crippen molar-refractivity contribution in [3.8, 4) is 0 Å². The van der Waals surface area contributed by atoms with E-state index in [0.717, 1.165) is 18.9 Å². The minimum atomic E-state index is 0.0708. The van der Waals surface area contributed by atoms with Gasteiger partial charge in [0.05, 0.1) is 6.54 Å². The van der Waals surface area contributed by atoms with Gasteiger partial charge in [0.1, 0.15) is 12.7 Å². The highest BCUT2D eigenvalue weighted by Gasteiger charge is 2.20. The van der Waals surface area contributed by atoms with Gasteiger partial charge in [0.2, 0.25) is 5.90 Å². The van der Waals surface area contributed by atoms with Crippen molar-refractivity contribution in [2.75, 3.05) is 19.8 Å². The Morgan fingerprint density at radius 3 is 2.94 bits per heavy atom.